The van der Waals surface area contributed by atoms with Gasteiger partial charge >= 0.3 is 0 Å². The first kappa shape index (κ1) is 37.8. The molecule has 11 rings (SSSR count). The van der Waals surface area contributed by atoms with Gasteiger partial charge in [0, 0.05) is 32.9 Å². The second-order valence-corrected chi connectivity index (χ2v) is 19.0. The molecule has 0 radical (unpaired) electrons. The second-order valence-electron chi connectivity index (χ2n) is 19.0. The number of rotatable bonds is 6. The minimum Gasteiger partial charge on any atom is -0.310 e. The van der Waals surface area contributed by atoms with Crippen molar-refractivity contribution in [2.75, 3.05) is 4.90 Å². The molecule has 11 aromatic rings. The van der Waals surface area contributed by atoms with E-state index in [0.717, 1.165) is 17.1 Å². The zero-order valence-corrected chi connectivity index (χ0v) is 36.4. The molecule has 0 N–H and O–H groups in total. The van der Waals surface area contributed by atoms with Crippen LogP contribution in [0.2, 0.25) is 0 Å². The predicted octanol–water partition coefficient (Wildman–Crippen LogP) is 17.1. The Morgan fingerprint density at radius 2 is 0.726 bits per heavy atom. The molecule has 300 valence electrons. The third-order valence-corrected chi connectivity index (χ3v) is 13.1. The molecule has 0 atom stereocenters. The van der Waals surface area contributed by atoms with E-state index in [9.17, 15) is 0 Å². The number of para-hydroxylation sites is 2. The van der Waals surface area contributed by atoms with Gasteiger partial charge in [0.05, 0.1) is 22.4 Å². The topological polar surface area (TPSA) is 8.17 Å². The fraction of sp³-hybridized carbons (Fsp3) is 0.133. The molecule has 62 heavy (non-hydrogen) atoms. The molecule has 0 bridgehead atoms. The number of anilines is 3. The van der Waals surface area contributed by atoms with E-state index < -0.39 is 0 Å². The predicted molar refractivity (Wildman–Crippen MR) is 267 cm³/mol. The van der Waals surface area contributed by atoms with Crippen LogP contribution < -0.4 is 4.90 Å². The van der Waals surface area contributed by atoms with Crippen molar-refractivity contribution in [2.24, 2.45) is 0 Å². The van der Waals surface area contributed by atoms with Gasteiger partial charge in [-0.2, -0.15) is 0 Å². The van der Waals surface area contributed by atoms with Crippen LogP contribution in [0.1, 0.15) is 52.7 Å². The Balaban J connectivity index is 1.08. The van der Waals surface area contributed by atoms with Gasteiger partial charge in [0.15, 0.2) is 0 Å². The van der Waals surface area contributed by atoms with Gasteiger partial charge in [-0.15, -0.1) is 0 Å². The van der Waals surface area contributed by atoms with E-state index in [1.54, 1.807) is 0 Å². The summed E-state index contributed by atoms with van der Waals surface area (Å²) in [5.74, 6) is 0. The average Bonchev–Trinajstić information content (AvgIpc) is 3.63. The third kappa shape index (κ3) is 6.24. The molecule has 0 saturated heterocycles. The van der Waals surface area contributed by atoms with Gasteiger partial charge in [-0.05, 0) is 114 Å². The molecule has 0 saturated carbocycles. The van der Waals surface area contributed by atoms with Crippen molar-refractivity contribution in [1.29, 1.82) is 0 Å². The summed E-state index contributed by atoms with van der Waals surface area (Å²) in [6.07, 6.45) is 0. The largest absolute Gasteiger partial charge is 0.310 e. The zero-order chi connectivity index (χ0) is 42.3. The Hall–Kier alpha value is -7.16. The van der Waals surface area contributed by atoms with Crippen molar-refractivity contribution in [1.82, 2.24) is 4.57 Å². The number of hydrogen-bond donors (Lipinski definition) is 0. The molecule has 0 aliphatic carbocycles. The first-order valence-electron chi connectivity index (χ1n) is 21.9. The number of aromatic nitrogens is 1. The molecule has 1 heterocycles. The summed E-state index contributed by atoms with van der Waals surface area (Å²) >= 11 is 0. The molecule has 0 amide bonds. The SMILES string of the molecule is CC(C)(C)c1ccc(-c2ccc(N(c3ccc(-c4ccc(C(C)(C)C)cc4)cc3)c3ccc4ccc5c(-n6c7ccccc7c7ccccc76)ccc6ccc3c4c65)cc2)cc1. The highest BCUT2D eigenvalue weighted by molar-refractivity contribution is 6.27. The standard InChI is InChI=1S/C60H50N2/c1-59(2,3)45-27-15-39(16-28-45)41-19-31-47(32-20-41)61(48-33-21-42(22-34-48)40-17-29-46(30-18-40)60(4,5)6)55-37-25-43-24-36-52-56(38-26-44-23-35-51(55)57(43)58(44)52)62-53-13-9-7-11-49(53)50-12-8-10-14-54(50)62/h7-38H,1-6H3. The number of hydrogen-bond acceptors (Lipinski definition) is 1. The van der Waals surface area contributed by atoms with Crippen molar-refractivity contribution in [3.8, 4) is 27.9 Å². The van der Waals surface area contributed by atoms with Crippen molar-refractivity contribution in [3.63, 3.8) is 0 Å². The zero-order valence-electron chi connectivity index (χ0n) is 36.4. The first-order valence-corrected chi connectivity index (χ1v) is 21.9. The summed E-state index contributed by atoms with van der Waals surface area (Å²) in [5, 5.41) is 10.1. The monoisotopic (exact) mass is 798 g/mol. The highest BCUT2D eigenvalue weighted by Crippen LogP contribution is 2.46. The van der Waals surface area contributed by atoms with Gasteiger partial charge in [-0.1, -0.05) is 187 Å². The molecule has 0 aliphatic rings. The summed E-state index contributed by atoms with van der Waals surface area (Å²) in [5.41, 5.74) is 14.8. The quantitative estimate of drug-likeness (QED) is 0.152. The van der Waals surface area contributed by atoms with Gasteiger partial charge in [-0.25, -0.2) is 0 Å². The lowest BCUT2D eigenvalue weighted by atomic mass is 9.86. The first-order chi connectivity index (χ1) is 30.0. The molecule has 2 nitrogen and oxygen atoms in total. The Kier molecular flexibility index (Phi) is 8.67. The van der Waals surface area contributed by atoms with Gasteiger partial charge in [0.25, 0.3) is 0 Å². The highest BCUT2D eigenvalue weighted by Gasteiger charge is 2.22. The molecule has 0 aliphatic heterocycles. The molecular formula is C60H50N2. The van der Waals surface area contributed by atoms with Gasteiger partial charge < -0.3 is 9.47 Å². The highest BCUT2D eigenvalue weighted by atomic mass is 15.1. The molecular weight excluding hydrogens is 749 g/mol. The van der Waals surface area contributed by atoms with Crippen LogP contribution in [-0.2, 0) is 10.8 Å². The molecule has 2 heteroatoms. The maximum Gasteiger partial charge on any atom is 0.0541 e. The number of fused-ring (bicyclic) bond motifs is 3. The molecule has 0 unspecified atom stereocenters. The van der Waals surface area contributed by atoms with E-state index in [0.29, 0.717) is 0 Å². The van der Waals surface area contributed by atoms with Crippen molar-refractivity contribution < 1.29 is 0 Å². The van der Waals surface area contributed by atoms with Crippen LogP contribution >= 0.6 is 0 Å². The summed E-state index contributed by atoms with van der Waals surface area (Å²) in [6, 6.07) is 72.5. The van der Waals surface area contributed by atoms with Crippen LogP contribution in [0.3, 0.4) is 0 Å². The van der Waals surface area contributed by atoms with E-state index in [1.807, 2.05) is 0 Å². The van der Waals surface area contributed by atoms with Crippen molar-refractivity contribution in [2.45, 2.75) is 52.4 Å². The minimum atomic E-state index is 0.113. The molecule has 1 aromatic heterocycles. The Morgan fingerprint density at radius 1 is 0.339 bits per heavy atom. The Morgan fingerprint density at radius 3 is 1.19 bits per heavy atom. The van der Waals surface area contributed by atoms with Crippen LogP contribution in [0.5, 0.6) is 0 Å². The summed E-state index contributed by atoms with van der Waals surface area (Å²) in [7, 11) is 0. The van der Waals surface area contributed by atoms with Gasteiger partial charge in [0.2, 0.25) is 0 Å². The third-order valence-electron chi connectivity index (χ3n) is 13.1. The minimum absolute atomic E-state index is 0.113. The van der Waals surface area contributed by atoms with Crippen LogP contribution in [-0.4, -0.2) is 4.57 Å². The fourth-order valence-electron chi connectivity index (χ4n) is 9.70. The van der Waals surface area contributed by atoms with Crippen molar-refractivity contribution >= 4 is 71.2 Å². The van der Waals surface area contributed by atoms with Crippen molar-refractivity contribution in [3.05, 3.63) is 205 Å². The molecule has 0 fully saturated rings. The van der Waals surface area contributed by atoms with Gasteiger partial charge in [-0.3, -0.25) is 0 Å². The normalized spacial score (nSPS) is 12.4. The van der Waals surface area contributed by atoms with E-state index in [2.05, 4.69) is 245 Å². The maximum absolute atomic E-state index is 2.46. The van der Waals surface area contributed by atoms with E-state index in [-0.39, 0.29) is 10.8 Å². The van der Waals surface area contributed by atoms with Gasteiger partial charge in [0.1, 0.15) is 0 Å². The van der Waals surface area contributed by atoms with Crippen LogP contribution in [0, 0.1) is 0 Å². The van der Waals surface area contributed by atoms with E-state index in [4.69, 9.17) is 0 Å². The molecule has 0 spiro atoms. The number of nitrogens with zero attached hydrogens (tertiary/aromatic N) is 2. The Labute approximate surface area is 364 Å². The summed E-state index contributed by atoms with van der Waals surface area (Å²) in [4.78, 5) is 2.44. The lowest BCUT2D eigenvalue weighted by Gasteiger charge is -2.28. The van der Waals surface area contributed by atoms with Crippen LogP contribution in [0.25, 0.3) is 82.1 Å². The summed E-state index contributed by atoms with van der Waals surface area (Å²) in [6.45, 7) is 13.6. The Bertz CT molecular complexity index is 3270. The average molecular weight is 799 g/mol. The van der Waals surface area contributed by atoms with Crippen LogP contribution in [0.15, 0.2) is 194 Å². The number of benzene rings is 10. The van der Waals surface area contributed by atoms with E-state index in [1.165, 1.54) is 93.2 Å². The molecule has 10 aromatic carbocycles. The van der Waals surface area contributed by atoms with Crippen LogP contribution in [0.4, 0.5) is 17.1 Å². The lowest BCUT2D eigenvalue weighted by molar-refractivity contribution is 0.590. The lowest BCUT2D eigenvalue weighted by Crippen LogP contribution is -2.11. The maximum atomic E-state index is 2.46. The second kappa shape index (κ2) is 14.2. The fourth-order valence-corrected chi connectivity index (χ4v) is 9.70. The van der Waals surface area contributed by atoms with E-state index >= 15 is 0 Å². The smallest absolute Gasteiger partial charge is 0.0541 e. The summed E-state index contributed by atoms with van der Waals surface area (Å²) < 4.78 is 2.46.